The van der Waals surface area contributed by atoms with Crippen LogP contribution in [0.3, 0.4) is 0 Å². The molecule has 0 aliphatic carbocycles. The van der Waals surface area contributed by atoms with Crippen LogP contribution in [0.2, 0.25) is 0 Å². The molecule has 0 fully saturated rings. The number of aromatic hydroxyl groups is 2. The molecule has 0 saturated carbocycles. The third-order valence-electron chi connectivity index (χ3n) is 4.66. The Morgan fingerprint density at radius 3 is 1.19 bits per heavy atom. The van der Waals surface area contributed by atoms with Crippen LogP contribution in [0.1, 0.15) is 41.5 Å². The molecule has 0 saturated heterocycles. The van der Waals surface area contributed by atoms with Gasteiger partial charge in [0, 0.05) is 45.3 Å². The van der Waals surface area contributed by atoms with Crippen LogP contribution in [0.15, 0.2) is 18.2 Å². The maximum absolute atomic E-state index is 10.7. The van der Waals surface area contributed by atoms with Gasteiger partial charge in [0.25, 0.3) is 7.71 Å². The maximum atomic E-state index is 10.7. The summed E-state index contributed by atoms with van der Waals surface area (Å²) in [7, 11) is -12.8. The first-order chi connectivity index (χ1) is 13.9. The summed E-state index contributed by atoms with van der Waals surface area (Å²) in [4.78, 5) is 0. The van der Waals surface area contributed by atoms with Crippen molar-refractivity contribution in [1.82, 2.24) is 14.0 Å². The van der Waals surface area contributed by atoms with Crippen molar-refractivity contribution >= 4 is 20.8 Å². The van der Waals surface area contributed by atoms with Gasteiger partial charge in [-0.15, -0.1) is 14.0 Å². The number of phenols is 2. The first-order valence-electron chi connectivity index (χ1n) is 10.2. The third-order valence-corrected chi connectivity index (χ3v) is 9.74. The zero-order valence-electron chi connectivity index (χ0n) is 18.9. The molecule has 0 bridgehead atoms. The van der Waals surface area contributed by atoms with Crippen molar-refractivity contribution < 1.29 is 35.4 Å². The van der Waals surface area contributed by atoms with E-state index in [4.69, 9.17) is 0 Å². The number of halogens is 6. The van der Waals surface area contributed by atoms with E-state index in [-0.39, 0.29) is 11.5 Å². The molecule has 0 unspecified atom stereocenters. The van der Waals surface area contributed by atoms with Gasteiger partial charge in [-0.2, -0.15) is 0 Å². The SMILES string of the molecule is CCN(CC)[P+](c1ccc(O)cc1O)(N(CC)CC)N(CC)CC.F[P-](F)(F)(F)(F)F. The van der Waals surface area contributed by atoms with E-state index in [9.17, 15) is 35.4 Å². The van der Waals surface area contributed by atoms with E-state index in [2.05, 4.69) is 55.6 Å². The molecule has 5 nitrogen and oxygen atoms in total. The van der Waals surface area contributed by atoms with E-state index in [0.717, 1.165) is 44.6 Å². The standard InChI is InChI=1S/C18H34N3O2P.F6P/c1-7-19(8-2)24(20(9-3)10-4,21(11-5)12-6)18-14-13-16(22)15-17(18)23;1-7(2,3,4,5)6/h13-15H,7-12H2,1-6H3,(H-,22,23);/q;-1/p+1. The first-order valence-corrected chi connectivity index (χ1v) is 13.8. The summed E-state index contributed by atoms with van der Waals surface area (Å²) in [5.74, 6) is 0.294. The van der Waals surface area contributed by atoms with Gasteiger partial charge < -0.3 is 10.2 Å². The van der Waals surface area contributed by atoms with Crippen LogP contribution in [0, 0.1) is 0 Å². The molecule has 2 N–H and O–H groups in total. The van der Waals surface area contributed by atoms with Crippen LogP contribution >= 0.6 is 15.5 Å². The summed E-state index contributed by atoms with van der Waals surface area (Å²) in [5, 5.41) is 21.4. The Hall–Kier alpha value is -0.860. The Morgan fingerprint density at radius 1 is 0.677 bits per heavy atom. The molecule has 0 atom stereocenters. The summed E-state index contributed by atoms with van der Waals surface area (Å²) in [6.45, 7) is 18.6. The second-order valence-electron chi connectivity index (χ2n) is 6.62. The number of benzene rings is 1. The number of phenolic OH excluding ortho intramolecular Hbond substituents is 2. The van der Waals surface area contributed by atoms with Gasteiger partial charge in [-0.3, -0.25) is 0 Å². The third kappa shape index (κ3) is 9.26. The van der Waals surface area contributed by atoms with Crippen LogP contribution in [0.5, 0.6) is 11.5 Å². The molecule has 0 aliphatic rings. The second-order valence-corrected chi connectivity index (χ2v) is 11.8. The Bertz CT molecular complexity index is 652. The van der Waals surface area contributed by atoms with Crippen LogP contribution < -0.4 is 5.30 Å². The molecule has 1 aromatic rings. The van der Waals surface area contributed by atoms with Gasteiger partial charge in [-0.1, -0.05) is 0 Å². The van der Waals surface area contributed by atoms with Crippen molar-refractivity contribution in [2.75, 3.05) is 39.3 Å². The van der Waals surface area contributed by atoms with E-state index < -0.39 is 15.5 Å². The number of hydrogen-bond acceptors (Lipinski definition) is 5. The van der Waals surface area contributed by atoms with Crippen LogP contribution in [0.25, 0.3) is 0 Å². The van der Waals surface area contributed by atoms with E-state index in [1.807, 2.05) is 6.07 Å². The molecule has 13 heteroatoms. The fraction of sp³-hybridized carbons (Fsp3) is 0.667. The first kappa shape index (κ1) is 30.1. The second kappa shape index (κ2) is 10.4. The van der Waals surface area contributed by atoms with E-state index in [0.29, 0.717) is 0 Å². The minimum atomic E-state index is -10.7. The van der Waals surface area contributed by atoms with Crippen molar-refractivity contribution in [1.29, 1.82) is 0 Å². The summed E-state index contributed by atoms with van der Waals surface area (Å²) in [6.07, 6.45) is 0. The minimum absolute atomic E-state index is 0.105. The van der Waals surface area contributed by atoms with E-state index in [1.54, 1.807) is 6.07 Å². The Kier molecular flexibility index (Phi) is 10.1. The van der Waals surface area contributed by atoms with Gasteiger partial charge in [0.2, 0.25) is 0 Å². The molecule has 1 rings (SSSR count). The van der Waals surface area contributed by atoms with Crippen LogP contribution in [0.4, 0.5) is 25.2 Å². The summed E-state index contributed by atoms with van der Waals surface area (Å²) in [6, 6.07) is 5.08. The van der Waals surface area contributed by atoms with Gasteiger partial charge in [0.15, 0.2) is 11.1 Å². The summed E-state index contributed by atoms with van der Waals surface area (Å²) < 4.78 is 66.7. The number of hydrogen-bond donors (Lipinski definition) is 2. The molecular weight excluding hydrogens is 466 g/mol. The monoisotopic (exact) mass is 501 g/mol. The summed E-state index contributed by atoms with van der Waals surface area (Å²) in [5.41, 5.74) is 0. The Labute approximate surface area is 181 Å². The number of nitrogens with zero attached hydrogens (tertiary/aromatic N) is 3. The quantitative estimate of drug-likeness (QED) is 0.270. The van der Waals surface area contributed by atoms with Gasteiger partial charge in [0.1, 0.15) is 5.75 Å². The molecule has 0 aromatic heterocycles. The predicted octanol–water partition coefficient (Wildman–Crippen LogP) is 6.89. The molecule has 0 spiro atoms. The van der Waals surface area contributed by atoms with Crippen LogP contribution in [-0.2, 0) is 0 Å². The van der Waals surface area contributed by atoms with Crippen molar-refractivity contribution in [2.45, 2.75) is 41.5 Å². The topological polar surface area (TPSA) is 50.2 Å². The predicted molar refractivity (Wildman–Crippen MR) is 119 cm³/mol. The van der Waals surface area contributed by atoms with Gasteiger partial charge in [-0.25, -0.2) is 0 Å². The Balaban J connectivity index is 0.00000110. The Morgan fingerprint density at radius 2 is 0.968 bits per heavy atom. The molecular formula is C18H35F6N3O2P2. The average molecular weight is 501 g/mol. The normalized spacial score (nSPS) is 14.9. The summed E-state index contributed by atoms with van der Waals surface area (Å²) >= 11 is 0. The molecule has 31 heavy (non-hydrogen) atoms. The molecule has 1 aromatic carbocycles. The van der Waals surface area contributed by atoms with Gasteiger partial charge in [-0.05, 0) is 53.7 Å². The fourth-order valence-corrected chi connectivity index (χ4v) is 8.61. The number of rotatable bonds is 10. The van der Waals surface area contributed by atoms with Crippen molar-refractivity contribution in [3.05, 3.63) is 18.2 Å². The molecule has 0 heterocycles. The van der Waals surface area contributed by atoms with Crippen molar-refractivity contribution in [2.24, 2.45) is 0 Å². The van der Waals surface area contributed by atoms with Gasteiger partial charge >= 0.3 is 33.0 Å². The molecule has 186 valence electrons. The average Bonchev–Trinajstić information content (AvgIpc) is 2.61. The zero-order chi connectivity index (χ0) is 24.7. The van der Waals surface area contributed by atoms with E-state index >= 15 is 0 Å². The molecule has 0 amide bonds. The zero-order valence-corrected chi connectivity index (χ0v) is 20.7. The molecule has 0 aliphatic heterocycles. The molecule has 0 radical (unpaired) electrons. The van der Waals surface area contributed by atoms with Crippen LogP contribution in [-0.4, -0.2) is 63.5 Å². The van der Waals surface area contributed by atoms with Crippen molar-refractivity contribution in [3.8, 4) is 11.5 Å². The fourth-order valence-electron chi connectivity index (χ4n) is 3.61. The van der Waals surface area contributed by atoms with Gasteiger partial charge in [0.05, 0.1) is 0 Å². The van der Waals surface area contributed by atoms with Crippen molar-refractivity contribution in [3.63, 3.8) is 0 Å². The van der Waals surface area contributed by atoms with E-state index in [1.165, 1.54) is 6.07 Å².